The van der Waals surface area contributed by atoms with Gasteiger partial charge in [0.1, 0.15) is 6.10 Å². The van der Waals surface area contributed by atoms with Crippen molar-refractivity contribution in [2.45, 2.75) is 18.6 Å². The van der Waals surface area contributed by atoms with Crippen molar-refractivity contribution in [3.05, 3.63) is 24.2 Å². The van der Waals surface area contributed by atoms with Crippen LogP contribution < -0.4 is 5.32 Å². The number of rotatable bonds is 5. The number of furan rings is 1. The van der Waals surface area contributed by atoms with Crippen LogP contribution in [-0.2, 0) is 0 Å². The maximum atomic E-state index is 9.57. The molecule has 13 heavy (non-hydrogen) atoms. The zero-order chi connectivity index (χ0) is 9.68. The largest absolute Gasteiger partial charge is 0.472 e. The highest BCUT2D eigenvalue weighted by atomic mass is 16.3. The maximum absolute atomic E-state index is 9.57. The molecule has 74 valence electrons. The molecule has 0 amide bonds. The summed E-state index contributed by atoms with van der Waals surface area (Å²) in [4.78, 5) is 0. The van der Waals surface area contributed by atoms with E-state index in [2.05, 4.69) is 5.32 Å². The smallest absolute Gasteiger partial charge is 0.108 e. The third-order valence-corrected chi connectivity index (χ3v) is 1.94. The lowest BCUT2D eigenvalue weighted by molar-refractivity contribution is 0.0137. The van der Waals surface area contributed by atoms with Crippen LogP contribution in [0.2, 0.25) is 0 Å². The Morgan fingerprint density at radius 2 is 2.31 bits per heavy atom. The van der Waals surface area contributed by atoms with Crippen molar-refractivity contribution in [1.29, 1.82) is 0 Å². The van der Waals surface area contributed by atoms with Gasteiger partial charge in [-0.25, -0.2) is 0 Å². The van der Waals surface area contributed by atoms with Crippen molar-refractivity contribution in [2.24, 2.45) is 0 Å². The second-order valence-electron chi connectivity index (χ2n) is 2.96. The predicted octanol–water partition coefficient (Wildman–Crippen LogP) is 0.283. The van der Waals surface area contributed by atoms with E-state index < -0.39 is 12.2 Å². The minimum atomic E-state index is -0.855. The summed E-state index contributed by atoms with van der Waals surface area (Å²) in [6, 6.07) is 1.65. The van der Waals surface area contributed by atoms with Gasteiger partial charge in [-0.15, -0.1) is 0 Å². The van der Waals surface area contributed by atoms with Gasteiger partial charge in [0.05, 0.1) is 18.6 Å². The molecule has 1 aromatic heterocycles. The summed E-state index contributed by atoms with van der Waals surface area (Å²) in [5, 5.41) is 22.0. The van der Waals surface area contributed by atoms with Crippen molar-refractivity contribution < 1.29 is 14.6 Å². The minimum Gasteiger partial charge on any atom is -0.472 e. The number of hydrogen-bond acceptors (Lipinski definition) is 4. The average Bonchev–Trinajstić information content (AvgIpc) is 2.65. The van der Waals surface area contributed by atoms with E-state index in [1.807, 2.05) is 0 Å². The second kappa shape index (κ2) is 5.01. The van der Waals surface area contributed by atoms with Gasteiger partial charge in [0.25, 0.3) is 0 Å². The van der Waals surface area contributed by atoms with E-state index in [0.29, 0.717) is 18.5 Å². The number of aliphatic hydroxyl groups is 2. The van der Waals surface area contributed by atoms with Crippen molar-refractivity contribution in [2.75, 3.05) is 13.6 Å². The first-order valence-electron chi connectivity index (χ1n) is 4.28. The Kier molecular flexibility index (Phi) is 3.95. The summed E-state index contributed by atoms with van der Waals surface area (Å²) < 4.78 is 4.80. The molecular formula is C9H15NO3. The fourth-order valence-corrected chi connectivity index (χ4v) is 1.12. The topological polar surface area (TPSA) is 65.6 Å². The summed E-state index contributed by atoms with van der Waals surface area (Å²) >= 11 is 0. The SMILES string of the molecule is CNCCC(O)C(O)c1ccoc1. The lowest BCUT2D eigenvalue weighted by Crippen LogP contribution is -2.22. The van der Waals surface area contributed by atoms with Crippen LogP contribution in [0.3, 0.4) is 0 Å². The van der Waals surface area contributed by atoms with Gasteiger partial charge >= 0.3 is 0 Å². The van der Waals surface area contributed by atoms with Crippen molar-refractivity contribution in [1.82, 2.24) is 5.32 Å². The lowest BCUT2D eigenvalue weighted by Gasteiger charge is -2.15. The Balaban J connectivity index is 2.43. The molecule has 4 nitrogen and oxygen atoms in total. The molecule has 2 atom stereocenters. The minimum absolute atomic E-state index is 0.517. The van der Waals surface area contributed by atoms with Gasteiger partial charge in [-0.1, -0.05) is 0 Å². The Labute approximate surface area is 77.2 Å². The van der Waals surface area contributed by atoms with E-state index >= 15 is 0 Å². The lowest BCUT2D eigenvalue weighted by atomic mass is 10.1. The van der Waals surface area contributed by atoms with E-state index in [-0.39, 0.29) is 0 Å². The molecule has 1 heterocycles. The maximum Gasteiger partial charge on any atom is 0.108 e. The molecule has 0 saturated heterocycles. The van der Waals surface area contributed by atoms with Crippen LogP contribution in [0.1, 0.15) is 18.1 Å². The van der Waals surface area contributed by atoms with Crippen LogP contribution in [-0.4, -0.2) is 29.9 Å². The first kappa shape index (κ1) is 10.2. The van der Waals surface area contributed by atoms with E-state index in [4.69, 9.17) is 4.42 Å². The monoisotopic (exact) mass is 185 g/mol. The second-order valence-corrected chi connectivity index (χ2v) is 2.96. The highest BCUT2D eigenvalue weighted by Crippen LogP contribution is 2.18. The normalized spacial score (nSPS) is 15.6. The van der Waals surface area contributed by atoms with E-state index in [9.17, 15) is 10.2 Å². The van der Waals surface area contributed by atoms with Crippen LogP contribution in [0, 0.1) is 0 Å². The molecule has 0 fully saturated rings. The molecule has 0 bridgehead atoms. The Hall–Kier alpha value is -0.840. The third-order valence-electron chi connectivity index (χ3n) is 1.94. The van der Waals surface area contributed by atoms with Gasteiger partial charge < -0.3 is 19.9 Å². The zero-order valence-corrected chi connectivity index (χ0v) is 7.60. The molecule has 0 spiro atoms. The fraction of sp³-hybridized carbons (Fsp3) is 0.556. The molecule has 0 aliphatic carbocycles. The van der Waals surface area contributed by atoms with Crippen LogP contribution in [0.4, 0.5) is 0 Å². The average molecular weight is 185 g/mol. The van der Waals surface area contributed by atoms with Crippen molar-refractivity contribution >= 4 is 0 Å². The molecule has 0 saturated carbocycles. The van der Waals surface area contributed by atoms with Gasteiger partial charge in [-0.2, -0.15) is 0 Å². The summed E-state index contributed by atoms with van der Waals surface area (Å²) in [6.07, 6.45) is 1.83. The van der Waals surface area contributed by atoms with E-state index in [0.717, 1.165) is 0 Å². The van der Waals surface area contributed by atoms with Crippen LogP contribution in [0.5, 0.6) is 0 Å². The van der Waals surface area contributed by atoms with Gasteiger partial charge in [0.15, 0.2) is 0 Å². The summed E-state index contributed by atoms with van der Waals surface area (Å²) in [6.45, 7) is 0.677. The number of aliphatic hydroxyl groups excluding tert-OH is 2. The summed E-state index contributed by atoms with van der Waals surface area (Å²) in [5.74, 6) is 0. The summed E-state index contributed by atoms with van der Waals surface area (Å²) in [7, 11) is 1.80. The van der Waals surface area contributed by atoms with Crippen LogP contribution in [0.25, 0.3) is 0 Å². The van der Waals surface area contributed by atoms with Gasteiger partial charge in [-0.05, 0) is 26.1 Å². The zero-order valence-electron chi connectivity index (χ0n) is 7.60. The standard InChI is InChI=1S/C9H15NO3/c1-10-4-2-8(11)9(12)7-3-5-13-6-7/h3,5-6,8-12H,2,4H2,1H3. The molecule has 1 aromatic rings. The Bertz CT molecular complexity index is 223. The quantitative estimate of drug-likeness (QED) is 0.616. The molecule has 0 radical (unpaired) electrons. The van der Waals surface area contributed by atoms with Crippen molar-refractivity contribution in [3.63, 3.8) is 0 Å². The molecule has 3 N–H and O–H groups in total. The summed E-state index contributed by atoms with van der Waals surface area (Å²) in [5.41, 5.74) is 0.614. The highest BCUT2D eigenvalue weighted by molar-refractivity contribution is 5.10. The number of nitrogens with one attached hydrogen (secondary N) is 1. The predicted molar refractivity (Wildman–Crippen MR) is 48.2 cm³/mol. The fourth-order valence-electron chi connectivity index (χ4n) is 1.12. The first-order valence-corrected chi connectivity index (χ1v) is 4.28. The van der Waals surface area contributed by atoms with E-state index in [1.165, 1.54) is 12.5 Å². The molecular weight excluding hydrogens is 170 g/mol. The first-order chi connectivity index (χ1) is 6.25. The van der Waals surface area contributed by atoms with E-state index in [1.54, 1.807) is 13.1 Å². The molecule has 2 unspecified atom stereocenters. The van der Waals surface area contributed by atoms with Crippen molar-refractivity contribution in [3.8, 4) is 0 Å². The highest BCUT2D eigenvalue weighted by Gasteiger charge is 2.18. The van der Waals surface area contributed by atoms with Crippen LogP contribution in [0.15, 0.2) is 23.0 Å². The third kappa shape index (κ3) is 2.84. The molecule has 0 aliphatic rings. The Morgan fingerprint density at radius 3 is 2.85 bits per heavy atom. The number of hydrogen-bond donors (Lipinski definition) is 3. The molecule has 1 rings (SSSR count). The van der Waals surface area contributed by atoms with Gasteiger partial charge in [0, 0.05) is 5.56 Å². The molecule has 0 aromatic carbocycles. The van der Waals surface area contributed by atoms with Crippen LogP contribution >= 0.6 is 0 Å². The van der Waals surface area contributed by atoms with Gasteiger partial charge in [0.2, 0.25) is 0 Å². The van der Waals surface area contributed by atoms with Gasteiger partial charge in [-0.3, -0.25) is 0 Å². The molecule has 0 aliphatic heterocycles. The Morgan fingerprint density at radius 1 is 1.54 bits per heavy atom. The molecule has 4 heteroatoms.